The Hall–Kier alpha value is -2.50. The summed E-state index contributed by atoms with van der Waals surface area (Å²) < 4.78 is 12.2. The molecule has 0 heterocycles. The number of rotatable bonds is 18. The van der Waals surface area contributed by atoms with Crippen molar-refractivity contribution in [1.82, 2.24) is 0 Å². The molecule has 0 saturated heterocycles. The molecule has 0 amide bonds. The van der Waals surface area contributed by atoms with Crippen molar-refractivity contribution in [2.45, 2.75) is 147 Å². The van der Waals surface area contributed by atoms with E-state index >= 15 is 0 Å². The molecule has 0 unspecified atom stereocenters. The third kappa shape index (κ3) is 11.0. The van der Waals surface area contributed by atoms with Crippen molar-refractivity contribution in [1.29, 1.82) is 0 Å². The lowest BCUT2D eigenvalue weighted by atomic mass is 9.77. The number of aliphatic hydroxyl groups is 2. The van der Waals surface area contributed by atoms with Crippen LogP contribution in [-0.2, 0) is 9.47 Å². The maximum absolute atomic E-state index is 11.2. The summed E-state index contributed by atoms with van der Waals surface area (Å²) in [5, 5.41) is 22.1. The van der Waals surface area contributed by atoms with E-state index < -0.39 is 18.7 Å². The predicted molar refractivity (Wildman–Crippen MR) is 197 cm³/mol. The van der Waals surface area contributed by atoms with Gasteiger partial charge in [0.2, 0.25) is 0 Å². The van der Waals surface area contributed by atoms with E-state index in [9.17, 15) is 10.2 Å². The fourth-order valence-corrected chi connectivity index (χ4v) is 8.19. The first-order valence-electron chi connectivity index (χ1n) is 19.4. The Morgan fingerprint density at radius 3 is 1.46 bits per heavy atom. The Morgan fingerprint density at radius 1 is 0.542 bits per heavy atom. The Balaban J connectivity index is 1.12. The van der Waals surface area contributed by atoms with E-state index in [1.165, 1.54) is 114 Å². The third-order valence-electron chi connectivity index (χ3n) is 11.4. The molecule has 4 nitrogen and oxygen atoms in total. The summed E-state index contributed by atoms with van der Waals surface area (Å²) in [5.41, 5.74) is 5.11. The van der Waals surface area contributed by atoms with Gasteiger partial charge in [-0.2, -0.15) is 0 Å². The molecule has 0 radical (unpaired) electrons. The van der Waals surface area contributed by atoms with Gasteiger partial charge in [0.15, 0.2) is 12.6 Å². The largest absolute Gasteiger partial charge is 0.364 e. The van der Waals surface area contributed by atoms with Gasteiger partial charge in [0.05, 0.1) is 6.61 Å². The summed E-state index contributed by atoms with van der Waals surface area (Å²) in [5.74, 6) is 3.01. The SMILES string of the molecule is CCCCCC1CCC(c2ccc([C@@H](O)OC[C@@H](O[C@H](O)c3ccc(C4CCC(CCCCC)CC4)cc3)c3ccccc3)cc2)CC1. The number of aliphatic hydroxyl groups excluding tert-OH is 2. The summed E-state index contributed by atoms with van der Waals surface area (Å²) in [6, 6.07) is 26.5. The Labute approximate surface area is 291 Å². The zero-order valence-electron chi connectivity index (χ0n) is 29.8. The second-order valence-electron chi connectivity index (χ2n) is 14.8. The number of hydrogen-bond acceptors (Lipinski definition) is 4. The van der Waals surface area contributed by atoms with Gasteiger partial charge in [-0.1, -0.05) is 144 Å². The minimum absolute atomic E-state index is 0.117. The summed E-state index contributed by atoms with van der Waals surface area (Å²) in [6.45, 7) is 4.68. The summed E-state index contributed by atoms with van der Waals surface area (Å²) >= 11 is 0. The van der Waals surface area contributed by atoms with Crippen molar-refractivity contribution in [3.63, 3.8) is 0 Å². The Bertz CT molecular complexity index is 1270. The summed E-state index contributed by atoms with van der Waals surface area (Å²) in [7, 11) is 0. The fraction of sp³-hybridized carbons (Fsp3) is 0.591. The first-order valence-corrected chi connectivity index (χ1v) is 19.4. The van der Waals surface area contributed by atoms with Crippen LogP contribution in [0, 0.1) is 11.8 Å². The van der Waals surface area contributed by atoms with Gasteiger partial charge in [-0.25, -0.2) is 0 Å². The van der Waals surface area contributed by atoms with Gasteiger partial charge in [-0.15, -0.1) is 0 Å². The lowest BCUT2D eigenvalue weighted by Crippen LogP contribution is -2.18. The van der Waals surface area contributed by atoms with E-state index in [1.54, 1.807) is 0 Å². The molecular weight excluding hydrogens is 592 g/mol. The smallest absolute Gasteiger partial charge is 0.182 e. The first kappa shape index (κ1) is 36.8. The molecule has 2 N–H and O–H groups in total. The highest BCUT2D eigenvalue weighted by atomic mass is 16.6. The molecule has 0 aromatic heterocycles. The molecule has 5 rings (SSSR count). The van der Waals surface area contributed by atoms with Crippen LogP contribution in [0.1, 0.15) is 175 Å². The van der Waals surface area contributed by atoms with E-state index in [2.05, 4.69) is 38.1 Å². The van der Waals surface area contributed by atoms with Gasteiger partial charge in [0.25, 0.3) is 0 Å². The van der Waals surface area contributed by atoms with Crippen LogP contribution in [0.3, 0.4) is 0 Å². The predicted octanol–water partition coefficient (Wildman–Crippen LogP) is 11.9. The normalized spacial score (nSPS) is 23.4. The maximum atomic E-state index is 11.2. The second kappa shape index (κ2) is 19.6. The summed E-state index contributed by atoms with van der Waals surface area (Å²) in [6.07, 6.45) is 18.5. The van der Waals surface area contributed by atoms with Crippen molar-refractivity contribution < 1.29 is 19.7 Å². The van der Waals surface area contributed by atoms with Crippen LogP contribution in [-0.4, -0.2) is 16.8 Å². The Morgan fingerprint density at radius 2 is 1.00 bits per heavy atom. The van der Waals surface area contributed by atoms with E-state index in [0.717, 1.165) is 28.5 Å². The standard InChI is InChI=1S/C44H62O4/c1-3-5-8-12-33-16-20-35(21-17-33)37-24-28-40(29-25-37)43(45)47-32-42(39-14-10-7-11-15-39)48-44(46)41-30-26-38(27-31-41)36-22-18-34(19-23-36)13-9-6-4-2/h7,10-11,14-15,24-31,33-36,42-46H,3-6,8-9,12-13,16-23,32H2,1-2H3/t33?,34?,35?,36?,42-,43+,44+/m1/s1. The molecule has 2 saturated carbocycles. The van der Waals surface area contributed by atoms with Crippen LogP contribution in [0.4, 0.5) is 0 Å². The van der Waals surface area contributed by atoms with Crippen LogP contribution < -0.4 is 0 Å². The van der Waals surface area contributed by atoms with Gasteiger partial charge in [0, 0.05) is 11.1 Å². The van der Waals surface area contributed by atoms with Crippen molar-refractivity contribution in [2.75, 3.05) is 6.61 Å². The Kier molecular flexibility index (Phi) is 15.0. The minimum atomic E-state index is -1.10. The van der Waals surface area contributed by atoms with Crippen LogP contribution in [0.25, 0.3) is 0 Å². The molecular formula is C44H62O4. The number of ether oxygens (including phenoxy) is 2. The lowest BCUT2D eigenvalue weighted by molar-refractivity contribution is -0.187. The van der Waals surface area contributed by atoms with Gasteiger partial charge < -0.3 is 19.7 Å². The number of hydrogen-bond donors (Lipinski definition) is 2. The van der Waals surface area contributed by atoms with Crippen LogP contribution in [0.2, 0.25) is 0 Å². The van der Waals surface area contributed by atoms with Crippen LogP contribution in [0.15, 0.2) is 78.9 Å². The highest BCUT2D eigenvalue weighted by molar-refractivity contribution is 5.28. The minimum Gasteiger partial charge on any atom is -0.364 e. The number of benzene rings is 3. The molecule has 3 aromatic rings. The van der Waals surface area contributed by atoms with Gasteiger partial charge in [-0.3, -0.25) is 0 Å². The molecule has 262 valence electrons. The quantitative estimate of drug-likeness (QED) is 0.106. The molecule has 2 fully saturated rings. The molecule has 0 bridgehead atoms. The monoisotopic (exact) mass is 654 g/mol. The second-order valence-corrected chi connectivity index (χ2v) is 14.8. The number of unbranched alkanes of at least 4 members (excludes halogenated alkanes) is 4. The average Bonchev–Trinajstić information content (AvgIpc) is 3.14. The van der Waals surface area contributed by atoms with Gasteiger partial charge >= 0.3 is 0 Å². The van der Waals surface area contributed by atoms with E-state index in [4.69, 9.17) is 9.47 Å². The topological polar surface area (TPSA) is 58.9 Å². The molecule has 2 aliphatic rings. The molecule has 4 heteroatoms. The van der Waals surface area contributed by atoms with Gasteiger partial charge in [0.1, 0.15) is 6.10 Å². The first-order chi connectivity index (χ1) is 23.5. The van der Waals surface area contributed by atoms with E-state index in [0.29, 0.717) is 11.8 Å². The molecule has 2 aliphatic carbocycles. The molecule has 3 atom stereocenters. The van der Waals surface area contributed by atoms with Crippen molar-refractivity contribution in [3.05, 3.63) is 107 Å². The zero-order chi connectivity index (χ0) is 33.6. The third-order valence-corrected chi connectivity index (χ3v) is 11.4. The van der Waals surface area contributed by atoms with E-state index in [1.807, 2.05) is 54.6 Å². The van der Waals surface area contributed by atoms with Crippen molar-refractivity contribution in [3.8, 4) is 0 Å². The molecule has 0 aliphatic heterocycles. The van der Waals surface area contributed by atoms with Crippen LogP contribution >= 0.6 is 0 Å². The molecule has 0 spiro atoms. The van der Waals surface area contributed by atoms with Crippen molar-refractivity contribution >= 4 is 0 Å². The summed E-state index contributed by atoms with van der Waals surface area (Å²) in [4.78, 5) is 0. The molecule has 3 aromatic carbocycles. The highest BCUT2D eigenvalue weighted by Gasteiger charge is 2.25. The van der Waals surface area contributed by atoms with Crippen molar-refractivity contribution in [2.24, 2.45) is 11.8 Å². The highest BCUT2D eigenvalue weighted by Crippen LogP contribution is 2.39. The lowest BCUT2D eigenvalue weighted by Gasteiger charge is -2.29. The van der Waals surface area contributed by atoms with Crippen LogP contribution in [0.5, 0.6) is 0 Å². The zero-order valence-corrected chi connectivity index (χ0v) is 29.8. The fourth-order valence-electron chi connectivity index (χ4n) is 8.19. The molecule has 48 heavy (non-hydrogen) atoms. The van der Waals surface area contributed by atoms with Gasteiger partial charge in [-0.05, 0) is 91.7 Å². The van der Waals surface area contributed by atoms with E-state index in [-0.39, 0.29) is 6.61 Å². The average molecular weight is 655 g/mol. The maximum Gasteiger partial charge on any atom is 0.182 e.